The Morgan fingerprint density at radius 2 is 2.06 bits per heavy atom. The normalized spacial score (nSPS) is 16.6. The lowest BCUT2D eigenvalue weighted by Gasteiger charge is -2.11. The van der Waals surface area contributed by atoms with Crippen molar-refractivity contribution in [2.24, 2.45) is 0 Å². The molecule has 0 spiro atoms. The lowest BCUT2D eigenvalue weighted by molar-refractivity contribution is 0.352. The van der Waals surface area contributed by atoms with Crippen molar-refractivity contribution in [2.75, 3.05) is 27.2 Å². The lowest BCUT2D eigenvalue weighted by Crippen LogP contribution is -2.21. The first-order chi connectivity index (χ1) is 8.69. The highest BCUT2D eigenvalue weighted by molar-refractivity contribution is 5.86. The molecule has 3 rings (SSSR count). The summed E-state index contributed by atoms with van der Waals surface area (Å²) in [5, 5.41) is 0.999. The minimum atomic E-state index is -0.288. The second-order valence-corrected chi connectivity index (χ2v) is 4.92. The first-order valence-corrected chi connectivity index (χ1v) is 6.24. The van der Waals surface area contributed by atoms with Crippen molar-refractivity contribution in [2.45, 2.75) is 12.8 Å². The van der Waals surface area contributed by atoms with Crippen molar-refractivity contribution in [1.29, 1.82) is 0 Å². The third kappa shape index (κ3) is 1.77. The number of hydrogen-bond acceptors (Lipinski definition) is 2. The van der Waals surface area contributed by atoms with Gasteiger partial charge < -0.3 is 14.6 Å². The topological polar surface area (TPSA) is 28.3 Å². The third-order valence-electron chi connectivity index (χ3n) is 3.75. The van der Waals surface area contributed by atoms with Gasteiger partial charge in [-0.25, -0.2) is 4.39 Å². The molecule has 1 aromatic heterocycles. The number of benzene rings is 1. The molecule has 0 unspecified atom stereocenters. The quantitative estimate of drug-likeness (QED) is 0.839. The maximum atomic E-state index is 13.8. The van der Waals surface area contributed by atoms with Gasteiger partial charge in [0, 0.05) is 42.2 Å². The highest BCUT2D eigenvalue weighted by Crippen LogP contribution is 2.30. The Hall–Kier alpha value is -1.55. The summed E-state index contributed by atoms with van der Waals surface area (Å²) in [5.41, 5.74) is 3.47. The van der Waals surface area contributed by atoms with Crippen LogP contribution >= 0.6 is 0 Å². The molecule has 1 N–H and O–H groups in total. The second-order valence-electron chi connectivity index (χ2n) is 4.92. The highest BCUT2D eigenvalue weighted by atomic mass is 19.1. The number of H-pyrrole nitrogens is 1. The van der Waals surface area contributed by atoms with Crippen LogP contribution in [0, 0.1) is 5.82 Å². The number of hydrogen-bond donors (Lipinski definition) is 1. The van der Waals surface area contributed by atoms with Crippen LogP contribution in [0.4, 0.5) is 4.39 Å². The van der Waals surface area contributed by atoms with Gasteiger partial charge in [-0.05, 0) is 25.1 Å². The molecule has 4 heteroatoms. The highest BCUT2D eigenvalue weighted by Gasteiger charge is 2.18. The minimum Gasteiger partial charge on any atom is -0.494 e. The Morgan fingerprint density at radius 3 is 2.83 bits per heavy atom. The number of fused-ring (bicyclic) bond motifs is 3. The molecular formula is C14H17FN2O. The summed E-state index contributed by atoms with van der Waals surface area (Å²) in [4.78, 5) is 5.71. The SMILES string of the molecule is COc1cc2[nH]c3c(c2cc1F)CCN(C)CC3. The Bertz CT molecular complexity index is 591. The number of methoxy groups -OCH3 is 1. The molecule has 0 atom stereocenters. The maximum absolute atomic E-state index is 13.8. The van der Waals surface area contributed by atoms with E-state index in [4.69, 9.17) is 4.74 Å². The minimum absolute atomic E-state index is 0.288. The van der Waals surface area contributed by atoms with Gasteiger partial charge in [0.1, 0.15) is 0 Å². The summed E-state index contributed by atoms with van der Waals surface area (Å²) < 4.78 is 18.8. The third-order valence-corrected chi connectivity index (χ3v) is 3.75. The van der Waals surface area contributed by atoms with Gasteiger partial charge in [-0.1, -0.05) is 0 Å². The van der Waals surface area contributed by atoms with Crippen LogP contribution in [0.3, 0.4) is 0 Å². The van der Waals surface area contributed by atoms with E-state index >= 15 is 0 Å². The van der Waals surface area contributed by atoms with Crippen LogP contribution in [0.2, 0.25) is 0 Å². The van der Waals surface area contributed by atoms with Crippen LogP contribution in [0.5, 0.6) is 5.75 Å². The van der Waals surface area contributed by atoms with Gasteiger partial charge in [-0.15, -0.1) is 0 Å². The largest absolute Gasteiger partial charge is 0.494 e. The first-order valence-electron chi connectivity index (χ1n) is 6.24. The average molecular weight is 248 g/mol. The van der Waals surface area contributed by atoms with Gasteiger partial charge in [0.2, 0.25) is 0 Å². The monoisotopic (exact) mass is 248 g/mol. The standard InChI is InChI=1S/C14H17FN2O/c1-17-5-3-9-10-7-11(15)14(18-2)8-13(10)16-12(9)4-6-17/h7-8,16H,3-6H2,1-2H3. The smallest absolute Gasteiger partial charge is 0.165 e. The van der Waals surface area contributed by atoms with Crippen molar-refractivity contribution in [3.63, 3.8) is 0 Å². The van der Waals surface area contributed by atoms with Crippen LogP contribution in [0.15, 0.2) is 12.1 Å². The molecule has 3 nitrogen and oxygen atoms in total. The summed E-state index contributed by atoms with van der Waals surface area (Å²) in [6.07, 6.45) is 1.96. The van der Waals surface area contributed by atoms with Crippen LogP contribution in [0.25, 0.3) is 10.9 Å². The fourth-order valence-corrected chi connectivity index (χ4v) is 2.68. The van der Waals surface area contributed by atoms with Crippen molar-refractivity contribution in [3.8, 4) is 5.75 Å². The molecule has 2 aromatic rings. The number of aromatic nitrogens is 1. The predicted molar refractivity (Wildman–Crippen MR) is 69.7 cm³/mol. The summed E-state index contributed by atoms with van der Waals surface area (Å²) >= 11 is 0. The molecule has 0 fully saturated rings. The zero-order chi connectivity index (χ0) is 12.7. The number of likely N-dealkylation sites (N-methyl/N-ethyl adjacent to an activating group) is 1. The number of aromatic amines is 1. The van der Waals surface area contributed by atoms with E-state index in [2.05, 4.69) is 16.9 Å². The molecule has 1 aromatic carbocycles. The van der Waals surface area contributed by atoms with Crippen molar-refractivity contribution in [1.82, 2.24) is 9.88 Å². The number of rotatable bonds is 1. The van der Waals surface area contributed by atoms with Gasteiger partial charge in [-0.3, -0.25) is 0 Å². The summed E-state index contributed by atoms with van der Waals surface area (Å²) in [6.45, 7) is 2.06. The van der Waals surface area contributed by atoms with Gasteiger partial charge >= 0.3 is 0 Å². The second kappa shape index (κ2) is 4.28. The number of ether oxygens (including phenoxy) is 1. The fraction of sp³-hybridized carbons (Fsp3) is 0.429. The fourth-order valence-electron chi connectivity index (χ4n) is 2.68. The predicted octanol–water partition coefficient (Wildman–Crippen LogP) is 2.35. The first kappa shape index (κ1) is 11.5. The Balaban J connectivity index is 2.15. The summed E-state index contributed by atoms with van der Waals surface area (Å²) in [6, 6.07) is 3.35. The van der Waals surface area contributed by atoms with E-state index < -0.39 is 0 Å². The average Bonchev–Trinajstić information content (AvgIpc) is 2.58. The van der Waals surface area contributed by atoms with Crippen LogP contribution < -0.4 is 4.74 Å². The zero-order valence-corrected chi connectivity index (χ0v) is 10.7. The maximum Gasteiger partial charge on any atom is 0.165 e. The zero-order valence-electron chi connectivity index (χ0n) is 10.7. The van der Waals surface area contributed by atoms with Crippen molar-refractivity contribution in [3.05, 3.63) is 29.2 Å². The molecule has 0 radical (unpaired) electrons. The van der Waals surface area contributed by atoms with Gasteiger partial charge in [-0.2, -0.15) is 0 Å². The summed E-state index contributed by atoms with van der Waals surface area (Å²) in [5.74, 6) is 0.0143. The van der Waals surface area contributed by atoms with Crippen molar-refractivity contribution >= 4 is 10.9 Å². The Kier molecular flexibility index (Phi) is 2.74. The van der Waals surface area contributed by atoms with Gasteiger partial charge in [0.15, 0.2) is 11.6 Å². The number of nitrogens with zero attached hydrogens (tertiary/aromatic N) is 1. The van der Waals surface area contributed by atoms with Crippen LogP contribution in [0.1, 0.15) is 11.3 Å². The van der Waals surface area contributed by atoms with E-state index in [9.17, 15) is 4.39 Å². The molecule has 18 heavy (non-hydrogen) atoms. The van der Waals surface area contributed by atoms with Gasteiger partial charge in [0.25, 0.3) is 0 Å². The van der Waals surface area contributed by atoms with Crippen molar-refractivity contribution < 1.29 is 9.13 Å². The van der Waals surface area contributed by atoms with E-state index in [0.29, 0.717) is 5.75 Å². The Labute approximate surface area is 106 Å². The van der Waals surface area contributed by atoms with E-state index in [1.807, 2.05) is 0 Å². The molecule has 2 heterocycles. The molecule has 1 aliphatic heterocycles. The molecule has 0 aliphatic carbocycles. The molecule has 0 bridgehead atoms. The number of nitrogens with one attached hydrogen (secondary N) is 1. The molecule has 0 amide bonds. The molecular weight excluding hydrogens is 231 g/mol. The lowest BCUT2D eigenvalue weighted by atomic mass is 10.1. The number of halogens is 1. The van der Waals surface area contributed by atoms with Gasteiger partial charge in [0.05, 0.1) is 7.11 Å². The molecule has 1 aliphatic rings. The van der Waals surface area contributed by atoms with E-state index in [0.717, 1.165) is 36.8 Å². The van der Waals surface area contributed by atoms with Crippen LogP contribution in [-0.2, 0) is 12.8 Å². The molecule has 0 saturated heterocycles. The molecule has 96 valence electrons. The van der Waals surface area contributed by atoms with E-state index in [1.54, 1.807) is 12.1 Å². The van der Waals surface area contributed by atoms with E-state index in [-0.39, 0.29) is 5.82 Å². The molecule has 0 saturated carbocycles. The summed E-state index contributed by atoms with van der Waals surface area (Å²) in [7, 11) is 3.62. The Morgan fingerprint density at radius 1 is 1.28 bits per heavy atom. The van der Waals surface area contributed by atoms with E-state index in [1.165, 1.54) is 18.4 Å². The van der Waals surface area contributed by atoms with Crippen LogP contribution in [-0.4, -0.2) is 37.1 Å².